The summed E-state index contributed by atoms with van der Waals surface area (Å²) in [5.41, 5.74) is 1.77. The average molecular weight is 245 g/mol. The monoisotopic (exact) mass is 245 g/mol. The maximum atomic E-state index is 11.8. The lowest BCUT2D eigenvalue weighted by molar-refractivity contribution is 0.0696. The van der Waals surface area contributed by atoms with Crippen LogP contribution >= 0.6 is 0 Å². The molecule has 5 heteroatoms. The predicted octanol–water partition coefficient (Wildman–Crippen LogP) is 2.54. The first-order chi connectivity index (χ1) is 8.58. The highest BCUT2D eigenvalue weighted by molar-refractivity contribution is 6.05. The van der Waals surface area contributed by atoms with Crippen LogP contribution in [0, 0.1) is 6.92 Å². The van der Waals surface area contributed by atoms with Gasteiger partial charge in [-0.25, -0.2) is 4.79 Å². The lowest BCUT2D eigenvalue weighted by Crippen LogP contribution is -2.12. The van der Waals surface area contributed by atoms with Gasteiger partial charge in [0.1, 0.15) is 6.26 Å². The Morgan fingerprint density at radius 3 is 2.61 bits per heavy atom. The Bertz CT molecular complexity index is 587. The van der Waals surface area contributed by atoms with Crippen LogP contribution in [0.4, 0.5) is 5.69 Å². The van der Waals surface area contributed by atoms with Crippen LogP contribution < -0.4 is 5.32 Å². The number of hydrogen-bond donors (Lipinski definition) is 2. The van der Waals surface area contributed by atoms with E-state index in [0.29, 0.717) is 11.3 Å². The zero-order chi connectivity index (χ0) is 13.1. The van der Waals surface area contributed by atoms with E-state index < -0.39 is 5.97 Å². The van der Waals surface area contributed by atoms with Crippen LogP contribution in [0.3, 0.4) is 0 Å². The second kappa shape index (κ2) is 4.75. The molecule has 2 N–H and O–H groups in total. The number of rotatable bonds is 3. The van der Waals surface area contributed by atoms with E-state index in [0.717, 1.165) is 5.56 Å². The normalized spacial score (nSPS) is 10.1. The molecular formula is C13H11NO4. The minimum atomic E-state index is -1.03. The van der Waals surface area contributed by atoms with Crippen molar-refractivity contribution in [3.63, 3.8) is 0 Å². The Kier molecular flexibility index (Phi) is 3.14. The van der Waals surface area contributed by atoms with Crippen LogP contribution in [0.15, 0.2) is 41.2 Å². The Balaban J connectivity index is 2.26. The van der Waals surface area contributed by atoms with Crippen molar-refractivity contribution in [1.29, 1.82) is 0 Å². The standard InChI is InChI=1S/C13H11NO4/c1-8-2-3-9(13(16)17)6-11(8)14-12(15)10-4-5-18-7-10/h2-7H,1H3,(H,14,15)(H,16,17). The number of carboxylic acids is 1. The third kappa shape index (κ3) is 2.40. The number of benzene rings is 1. The van der Waals surface area contributed by atoms with Crippen LogP contribution in [0.5, 0.6) is 0 Å². The Hall–Kier alpha value is -2.56. The van der Waals surface area contributed by atoms with Crippen molar-refractivity contribution in [2.75, 3.05) is 5.32 Å². The van der Waals surface area contributed by atoms with Crippen molar-refractivity contribution in [3.8, 4) is 0 Å². The molecule has 92 valence electrons. The first-order valence-electron chi connectivity index (χ1n) is 5.25. The van der Waals surface area contributed by atoms with Crippen molar-refractivity contribution in [3.05, 3.63) is 53.5 Å². The summed E-state index contributed by atoms with van der Waals surface area (Å²) in [6.07, 6.45) is 2.72. The van der Waals surface area contributed by atoms with Crippen LogP contribution in [0.25, 0.3) is 0 Å². The number of carbonyl (C=O) groups is 2. The molecule has 0 saturated heterocycles. The Morgan fingerprint density at radius 2 is 2.00 bits per heavy atom. The second-order valence-electron chi connectivity index (χ2n) is 3.80. The summed E-state index contributed by atoms with van der Waals surface area (Å²) in [6.45, 7) is 1.79. The lowest BCUT2D eigenvalue weighted by Gasteiger charge is -2.08. The van der Waals surface area contributed by atoms with E-state index in [-0.39, 0.29) is 11.5 Å². The van der Waals surface area contributed by atoms with Gasteiger partial charge in [-0.15, -0.1) is 0 Å². The van der Waals surface area contributed by atoms with Gasteiger partial charge in [-0.2, -0.15) is 0 Å². The highest BCUT2D eigenvalue weighted by Gasteiger charge is 2.11. The zero-order valence-electron chi connectivity index (χ0n) is 9.64. The molecule has 2 rings (SSSR count). The first kappa shape index (κ1) is 11.9. The number of carbonyl (C=O) groups excluding carboxylic acids is 1. The number of aryl methyl sites for hydroxylation is 1. The fourth-order valence-corrected chi connectivity index (χ4v) is 1.48. The number of furan rings is 1. The quantitative estimate of drug-likeness (QED) is 0.870. The van der Waals surface area contributed by atoms with Gasteiger partial charge in [-0.05, 0) is 30.7 Å². The largest absolute Gasteiger partial charge is 0.478 e. The molecule has 1 amide bonds. The van der Waals surface area contributed by atoms with E-state index in [2.05, 4.69) is 5.32 Å². The van der Waals surface area contributed by atoms with Crippen LogP contribution in [0.2, 0.25) is 0 Å². The highest BCUT2D eigenvalue weighted by Crippen LogP contribution is 2.18. The van der Waals surface area contributed by atoms with Gasteiger partial charge in [0.2, 0.25) is 0 Å². The molecule has 1 aromatic carbocycles. The number of anilines is 1. The molecule has 0 aliphatic carbocycles. The van der Waals surface area contributed by atoms with Crippen molar-refractivity contribution >= 4 is 17.6 Å². The van der Waals surface area contributed by atoms with Gasteiger partial charge >= 0.3 is 5.97 Å². The number of nitrogens with one attached hydrogen (secondary N) is 1. The first-order valence-corrected chi connectivity index (χ1v) is 5.25. The van der Waals surface area contributed by atoms with Crippen LogP contribution in [0.1, 0.15) is 26.3 Å². The third-order valence-electron chi connectivity index (χ3n) is 2.52. The summed E-state index contributed by atoms with van der Waals surface area (Å²) in [4.78, 5) is 22.6. The maximum absolute atomic E-state index is 11.8. The SMILES string of the molecule is Cc1ccc(C(=O)O)cc1NC(=O)c1ccoc1. The molecule has 0 aliphatic heterocycles. The molecule has 1 heterocycles. The molecule has 0 radical (unpaired) electrons. The molecule has 0 aliphatic rings. The van der Waals surface area contributed by atoms with E-state index in [1.165, 1.54) is 30.7 Å². The molecule has 5 nitrogen and oxygen atoms in total. The number of carboxylic acid groups (broad SMARTS) is 1. The summed E-state index contributed by atoms with van der Waals surface area (Å²) in [5, 5.41) is 11.5. The summed E-state index contributed by atoms with van der Waals surface area (Å²) in [6, 6.07) is 6.10. The number of amides is 1. The summed E-state index contributed by atoms with van der Waals surface area (Å²) in [5.74, 6) is -1.37. The lowest BCUT2D eigenvalue weighted by atomic mass is 10.1. The van der Waals surface area contributed by atoms with Gasteiger partial charge in [0.25, 0.3) is 5.91 Å². The molecule has 0 fully saturated rings. The van der Waals surface area contributed by atoms with E-state index >= 15 is 0 Å². The average Bonchev–Trinajstić information content (AvgIpc) is 2.85. The number of aromatic carboxylic acids is 1. The number of hydrogen-bond acceptors (Lipinski definition) is 3. The van der Waals surface area contributed by atoms with Gasteiger partial charge in [0.05, 0.1) is 17.4 Å². The Morgan fingerprint density at radius 1 is 1.22 bits per heavy atom. The van der Waals surface area contributed by atoms with Gasteiger partial charge in [-0.1, -0.05) is 6.07 Å². The molecule has 0 atom stereocenters. The van der Waals surface area contributed by atoms with Crippen molar-refractivity contribution < 1.29 is 19.1 Å². The molecule has 0 saturated carbocycles. The zero-order valence-corrected chi connectivity index (χ0v) is 9.64. The molecule has 1 aromatic heterocycles. The Labute approximate surface area is 103 Å². The predicted molar refractivity (Wildman–Crippen MR) is 64.8 cm³/mol. The van der Waals surface area contributed by atoms with E-state index in [1.807, 2.05) is 0 Å². The molecule has 0 bridgehead atoms. The minimum Gasteiger partial charge on any atom is -0.478 e. The molecular weight excluding hydrogens is 234 g/mol. The van der Waals surface area contributed by atoms with Gasteiger partial charge in [-0.3, -0.25) is 4.79 Å². The van der Waals surface area contributed by atoms with Crippen LogP contribution in [-0.4, -0.2) is 17.0 Å². The summed E-state index contributed by atoms with van der Waals surface area (Å²) < 4.78 is 4.81. The highest BCUT2D eigenvalue weighted by atomic mass is 16.4. The van der Waals surface area contributed by atoms with Gasteiger partial charge in [0, 0.05) is 5.69 Å². The van der Waals surface area contributed by atoms with Gasteiger partial charge in [0.15, 0.2) is 0 Å². The fraction of sp³-hybridized carbons (Fsp3) is 0.0769. The van der Waals surface area contributed by atoms with E-state index in [9.17, 15) is 9.59 Å². The smallest absolute Gasteiger partial charge is 0.335 e. The third-order valence-corrected chi connectivity index (χ3v) is 2.52. The van der Waals surface area contributed by atoms with Crippen molar-refractivity contribution in [2.45, 2.75) is 6.92 Å². The van der Waals surface area contributed by atoms with Crippen molar-refractivity contribution in [1.82, 2.24) is 0 Å². The van der Waals surface area contributed by atoms with Crippen molar-refractivity contribution in [2.24, 2.45) is 0 Å². The maximum Gasteiger partial charge on any atom is 0.335 e. The topological polar surface area (TPSA) is 79.5 Å². The minimum absolute atomic E-state index is 0.128. The van der Waals surface area contributed by atoms with Gasteiger partial charge < -0.3 is 14.8 Å². The molecule has 2 aromatic rings. The van der Waals surface area contributed by atoms with E-state index in [1.54, 1.807) is 13.0 Å². The molecule has 0 spiro atoms. The fourth-order valence-electron chi connectivity index (χ4n) is 1.48. The molecule has 18 heavy (non-hydrogen) atoms. The second-order valence-corrected chi connectivity index (χ2v) is 3.80. The van der Waals surface area contributed by atoms with Crippen LogP contribution in [-0.2, 0) is 0 Å². The summed E-state index contributed by atoms with van der Waals surface area (Å²) >= 11 is 0. The van der Waals surface area contributed by atoms with E-state index in [4.69, 9.17) is 9.52 Å². The molecule has 0 unspecified atom stereocenters. The summed E-state index contributed by atoms with van der Waals surface area (Å²) in [7, 11) is 0.